The number of hydrogen-bond donors (Lipinski definition) is 0. The number of benzene rings is 7. The average molecular weight is 642 g/mol. The fourth-order valence-electron chi connectivity index (χ4n) is 6.95. The first-order valence-electron chi connectivity index (χ1n) is 16.6. The van der Waals surface area contributed by atoms with Gasteiger partial charge in [-0.2, -0.15) is 0 Å². The number of fused-ring (bicyclic) bond motifs is 6. The summed E-state index contributed by atoms with van der Waals surface area (Å²) in [6, 6.07) is 55.8. The molecule has 0 fully saturated rings. The zero-order chi connectivity index (χ0) is 33.0. The SMILES string of the molecule is c1ccc(-c2cccc(-c3ccc(-c4nc(-c5cccc6c5oc5ccccc56)nc(-c5cccc6oc7ccccc7c56)n4)cc3)c2)cc1. The quantitative estimate of drug-likeness (QED) is 0.187. The monoisotopic (exact) mass is 641 g/mol. The molecule has 0 aliphatic heterocycles. The minimum absolute atomic E-state index is 0.541. The van der Waals surface area contributed by atoms with Crippen molar-refractivity contribution < 1.29 is 8.83 Å². The van der Waals surface area contributed by atoms with Crippen molar-refractivity contribution in [3.63, 3.8) is 0 Å². The molecule has 0 amide bonds. The highest BCUT2D eigenvalue weighted by atomic mass is 16.3. The molecule has 3 heterocycles. The normalized spacial score (nSPS) is 11.6. The smallest absolute Gasteiger partial charge is 0.167 e. The van der Waals surface area contributed by atoms with Gasteiger partial charge >= 0.3 is 0 Å². The van der Waals surface area contributed by atoms with E-state index in [9.17, 15) is 0 Å². The van der Waals surface area contributed by atoms with Gasteiger partial charge in [0.1, 0.15) is 22.3 Å². The molecule has 5 heteroatoms. The molecule has 0 saturated carbocycles. The first-order chi connectivity index (χ1) is 24.8. The molecule has 0 aliphatic rings. The molecular formula is C45H27N3O2. The number of rotatable bonds is 5. The van der Waals surface area contributed by atoms with E-state index < -0.39 is 0 Å². The second-order valence-electron chi connectivity index (χ2n) is 12.4. The Kier molecular flexibility index (Phi) is 6.42. The van der Waals surface area contributed by atoms with Crippen LogP contribution in [0.4, 0.5) is 0 Å². The van der Waals surface area contributed by atoms with Crippen molar-refractivity contribution >= 4 is 43.9 Å². The topological polar surface area (TPSA) is 65.0 Å². The molecule has 0 bridgehead atoms. The summed E-state index contributed by atoms with van der Waals surface area (Å²) >= 11 is 0. The molecule has 5 nitrogen and oxygen atoms in total. The molecule has 7 aromatic carbocycles. The van der Waals surface area contributed by atoms with E-state index in [1.807, 2.05) is 66.7 Å². The van der Waals surface area contributed by atoms with E-state index >= 15 is 0 Å². The van der Waals surface area contributed by atoms with Gasteiger partial charge in [0.25, 0.3) is 0 Å². The Hall–Kier alpha value is -6.85. The van der Waals surface area contributed by atoms with Crippen LogP contribution < -0.4 is 0 Å². The maximum Gasteiger partial charge on any atom is 0.167 e. The van der Waals surface area contributed by atoms with Gasteiger partial charge in [-0.25, -0.2) is 15.0 Å². The van der Waals surface area contributed by atoms with E-state index in [0.29, 0.717) is 17.5 Å². The molecule has 0 N–H and O–H groups in total. The van der Waals surface area contributed by atoms with Crippen LogP contribution in [0.5, 0.6) is 0 Å². The van der Waals surface area contributed by atoms with Crippen LogP contribution in [0.25, 0.3) is 100 Å². The van der Waals surface area contributed by atoms with Crippen molar-refractivity contribution in [3.8, 4) is 56.4 Å². The number of para-hydroxylation sites is 3. The van der Waals surface area contributed by atoms with E-state index in [4.69, 9.17) is 23.8 Å². The minimum atomic E-state index is 0.541. The van der Waals surface area contributed by atoms with Gasteiger partial charge in [-0.05, 0) is 52.6 Å². The predicted molar refractivity (Wildman–Crippen MR) is 202 cm³/mol. The van der Waals surface area contributed by atoms with E-state index in [2.05, 4.69) is 97.1 Å². The lowest BCUT2D eigenvalue weighted by atomic mass is 9.98. The molecule has 10 rings (SSSR count). The molecule has 0 radical (unpaired) electrons. The molecule has 0 atom stereocenters. The molecular weight excluding hydrogens is 615 g/mol. The predicted octanol–water partition coefficient (Wildman–Crippen LogP) is 12.0. The summed E-state index contributed by atoms with van der Waals surface area (Å²) in [6.45, 7) is 0. The van der Waals surface area contributed by atoms with Crippen molar-refractivity contribution in [1.29, 1.82) is 0 Å². The van der Waals surface area contributed by atoms with Crippen LogP contribution in [-0.2, 0) is 0 Å². The highest BCUT2D eigenvalue weighted by Gasteiger charge is 2.20. The van der Waals surface area contributed by atoms with Gasteiger partial charge in [0.15, 0.2) is 17.5 Å². The van der Waals surface area contributed by atoms with E-state index in [1.165, 1.54) is 11.1 Å². The summed E-state index contributed by atoms with van der Waals surface area (Å²) in [4.78, 5) is 15.4. The van der Waals surface area contributed by atoms with Crippen LogP contribution in [0.1, 0.15) is 0 Å². The summed E-state index contributed by atoms with van der Waals surface area (Å²) in [7, 11) is 0. The number of hydrogen-bond acceptors (Lipinski definition) is 5. The van der Waals surface area contributed by atoms with E-state index in [1.54, 1.807) is 0 Å². The Morgan fingerprint density at radius 1 is 0.320 bits per heavy atom. The summed E-state index contributed by atoms with van der Waals surface area (Å²) in [6.07, 6.45) is 0. The summed E-state index contributed by atoms with van der Waals surface area (Å²) in [5, 5.41) is 4.07. The maximum absolute atomic E-state index is 6.44. The molecule has 0 unspecified atom stereocenters. The van der Waals surface area contributed by atoms with Crippen LogP contribution in [0.3, 0.4) is 0 Å². The second-order valence-corrected chi connectivity index (χ2v) is 12.4. The van der Waals surface area contributed by atoms with Gasteiger partial charge in [0, 0.05) is 32.7 Å². The summed E-state index contributed by atoms with van der Waals surface area (Å²) in [5.41, 5.74) is 10.4. The fourth-order valence-corrected chi connectivity index (χ4v) is 6.95. The average Bonchev–Trinajstić information content (AvgIpc) is 3.77. The largest absolute Gasteiger partial charge is 0.456 e. The lowest BCUT2D eigenvalue weighted by Gasteiger charge is -2.10. The molecule has 0 spiro atoms. The van der Waals surface area contributed by atoms with Gasteiger partial charge in [-0.1, -0.05) is 133 Å². The van der Waals surface area contributed by atoms with Crippen LogP contribution >= 0.6 is 0 Å². The van der Waals surface area contributed by atoms with Crippen LogP contribution in [0.2, 0.25) is 0 Å². The lowest BCUT2D eigenvalue weighted by molar-refractivity contribution is 0.668. The van der Waals surface area contributed by atoms with Gasteiger partial charge in [-0.15, -0.1) is 0 Å². The third-order valence-electron chi connectivity index (χ3n) is 9.37. The summed E-state index contributed by atoms with van der Waals surface area (Å²) in [5.74, 6) is 1.68. The highest BCUT2D eigenvalue weighted by Crippen LogP contribution is 2.39. The number of furan rings is 2. The van der Waals surface area contributed by atoms with Crippen molar-refractivity contribution in [1.82, 2.24) is 15.0 Å². The van der Waals surface area contributed by atoms with E-state index in [-0.39, 0.29) is 0 Å². The van der Waals surface area contributed by atoms with Crippen LogP contribution in [0, 0.1) is 0 Å². The molecule has 3 aromatic heterocycles. The van der Waals surface area contributed by atoms with Gasteiger partial charge in [-0.3, -0.25) is 0 Å². The zero-order valence-electron chi connectivity index (χ0n) is 26.7. The Labute approximate surface area is 287 Å². The van der Waals surface area contributed by atoms with Gasteiger partial charge in [0.05, 0.1) is 5.56 Å². The third-order valence-corrected chi connectivity index (χ3v) is 9.37. The molecule has 0 saturated heterocycles. The minimum Gasteiger partial charge on any atom is -0.456 e. The fraction of sp³-hybridized carbons (Fsp3) is 0. The van der Waals surface area contributed by atoms with Gasteiger partial charge in [0.2, 0.25) is 0 Å². The maximum atomic E-state index is 6.44. The molecule has 234 valence electrons. The van der Waals surface area contributed by atoms with Crippen molar-refractivity contribution in [2.45, 2.75) is 0 Å². The van der Waals surface area contributed by atoms with Crippen molar-refractivity contribution in [2.24, 2.45) is 0 Å². The summed E-state index contributed by atoms with van der Waals surface area (Å²) < 4.78 is 12.7. The second kappa shape index (κ2) is 11.4. The molecule has 50 heavy (non-hydrogen) atoms. The zero-order valence-corrected chi connectivity index (χ0v) is 26.7. The Bertz CT molecular complexity index is 2870. The van der Waals surface area contributed by atoms with Crippen molar-refractivity contribution in [3.05, 3.63) is 164 Å². The van der Waals surface area contributed by atoms with Crippen LogP contribution in [-0.4, -0.2) is 15.0 Å². The molecule has 0 aliphatic carbocycles. The van der Waals surface area contributed by atoms with Crippen molar-refractivity contribution in [2.75, 3.05) is 0 Å². The lowest BCUT2D eigenvalue weighted by Crippen LogP contribution is -2.00. The Morgan fingerprint density at radius 2 is 0.840 bits per heavy atom. The Morgan fingerprint density at radius 3 is 1.64 bits per heavy atom. The first-order valence-corrected chi connectivity index (χ1v) is 16.6. The highest BCUT2D eigenvalue weighted by molar-refractivity contribution is 6.12. The Balaban J connectivity index is 1.15. The number of nitrogens with zero attached hydrogens (tertiary/aromatic N) is 3. The molecule has 10 aromatic rings. The van der Waals surface area contributed by atoms with E-state index in [0.717, 1.165) is 71.7 Å². The first kappa shape index (κ1) is 28.2. The standard InChI is InChI=1S/C45H27N3O2/c1-2-11-28(12-3-1)31-13-8-14-32(27-31)29-23-25-30(26-24-29)43-46-44(36-18-10-22-40-41(36)35-16-5-7-21-39(35)49-40)48-45(47-43)37-19-9-17-34-33-15-4-6-20-38(33)50-42(34)37/h1-27H. The van der Waals surface area contributed by atoms with Gasteiger partial charge < -0.3 is 8.83 Å². The third kappa shape index (κ3) is 4.67. The number of aromatic nitrogens is 3. The van der Waals surface area contributed by atoms with Crippen LogP contribution in [0.15, 0.2) is 173 Å².